The zero-order chi connectivity index (χ0) is 13.7. The Bertz CT molecular complexity index is 499. The van der Waals surface area contributed by atoms with Crippen molar-refractivity contribution in [3.63, 3.8) is 0 Å². The molecule has 3 N–H and O–H groups in total. The molecule has 6 nitrogen and oxygen atoms in total. The fourth-order valence-corrected chi connectivity index (χ4v) is 1.72. The molecule has 0 bridgehead atoms. The Balaban J connectivity index is 1.85. The summed E-state index contributed by atoms with van der Waals surface area (Å²) in [5, 5.41) is 16.2. The molecule has 0 spiro atoms. The fraction of sp³-hybridized carbons (Fsp3) is 0.308. The lowest BCUT2D eigenvalue weighted by atomic mass is 10.1. The SMILES string of the molecule is O=C1CCC(C(=O)NCC(O)c2ccccc2)=NN1. The van der Waals surface area contributed by atoms with Crippen LogP contribution < -0.4 is 10.7 Å². The second-order valence-corrected chi connectivity index (χ2v) is 4.23. The van der Waals surface area contributed by atoms with Crippen molar-refractivity contribution in [1.29, 1.82) is 0 Å². The van der Waals surface area contributed by atoms with E-state index in [2.05, 4.69) is 15.8 Å². The first-order valence-electron chi connectivity index (χ1n) is 6.03. The summed E-state index contributed by atoms with van der Waals surface area (Å²) in [7, 11) is 0. The molecule has 2 rings (SSSR count). The minimum atomic E-state index is -0.760. The van der Waals surface area contributed by atoms with Gasteiger partial charge in [0.05, 0.1) is 6.10 Å². The molecule has 100 valence electrons. The average molecular weight is 261 g/mol. The van der Waals surface area contributed by atoms with E-state index in [-0.39, 0.29) is 30.5 Å². The van der Waals surface area contributed by atoms with E-state index in [1.165, 1.54) is 0 Å². The average Bonchev–Trinajstić information content (AvgIpc) is 2.46. The Kier molecular flexibility index (Phi) is 4.25. The minimum absolute atomic E-state index is 0.107. The lowest BCUT2D eigenvalue weighted by Crippen LogP contribution is -2.38. The van der Waals surface area contributed by atoms with E-state index in [9.17, 15) is 14.7 Å². The molecule has 0 aliphatic carbocycles. The highest BCUT2D eigenvalue weighted by Gasteiger charge is 2.18. The first-order valence-corrected chi connectivity index (χ1v) is 6.03. The van der Waals surface area contributed by atoms with E-state index in [4.69, 9.17) is 0 Å². The van der Waals surface area contributed by atoms with Gasteiger partial charge in [-0.2, -0.15) is 5.10 Å². The number of carbonyl (C=O) groups excluding carboxylic acids is 2. The normalized spacial score (nSPS) is 16.3. The lowest BCUT2D eigenvalue weighted by Gasteiger charge is -2.14. The number of hydrogen-bond donors (Lipinski definition) is 3. The molecular weight excluding hydrogens is 246 g/mol. The van der Waals surface area contributed by atoms with Gasteiger partial charge in [-0.15, -0.1) is 0 Å². The summed E-state index contributed by atoms with van der Waals surface area (Å²) in [4.78, 5) is 22.6. The van der Waals surface area contributed by atoms with Crippen molar-refractivity contribution in [2.45, 2.75) is 18.9 Å². The molecule has 0 saturated heterocycles. The van der Waals surface area contributed by atoms with Crippen LogP contribution in [0.3, 0.4) is 0 Å². The maximum absolute atomic E-state index is 11.7. The van der Waals surface area contributed by atoms with Gasteiger partial charge in [-0.25, -0.2) is 5.43 Å². The van der Waals surface area contributed by atoms with E-state index < -0.39 is 6.10 Å². The molecular formula is C13H15N3O3. The summed E-state index contributed by atoms with van der Waals surface area (Å²) in [5.41, 5.74) is 3.27. The van der Waals surface area contributed by atoms with Crippen molar-refractivity contribution < 1.29 is 14.7 Å². The molecule has 19 heavy (non-hydrogen) atoms. The number of hydrazone groups is 1. The Morgan fingerprint density at radius 1 is 1.37 bits per heavy atom. The van der Waals surface area contributed by atoms with Crippen LogP contribution in [0.5, 0.6) is 0 Å². The number of aliphatic hydroxyl groups is 1. The molecule has 6 heteroatoms. The van der Waals surface area contributed by atoms with Gasteiger partial charge in [-0.3, -0.25) is 9.59 Å². The molecule has 0 aromatic heterocycles. The standard InChI is InChI=1S/C13H15N3O3/c17-11(9-4-2-1-3-5-9)8-14-13(19)10-6-7-12(18)16-15-10/h1-5,11,17H,6-8H2,(H,14,19)(H,16,18). The molecule has 1 atom stereocenters. The van der Waals surface area contributed by atoms with Crippen molar-refractivity contribution in [3.8, 4) is 0 Å². The van der Waals surface area contributed by atoms with Gasteiger partial charge >= 0.3 is 0 Å². The summed E-state index contributed by atoms with van der Waals surface area (Å²) < 4.78 is 0. The third kappa shape index (κ3) is 3.62. The summed E-state index contributed by atoms with van der Waals surface area (Å²) in [6.45, 7) is 0.107. The predicted molar refractivity (Wildman–Crippen MR) is 69.2 cm³/mol. The maximum atomic E-state index is 11.7. The first kappa shape index (κ1) is 13.2. The first-order chi connectivity index (χ1) is 9.16. The van der Waals surface area contributed by atoms with Crippen LogP contribution in [-0.2, 0) is 9.59 Å². The topological polar surface area (TPSA) is 90.8 Å². The number of hydrogen-bond acceptors (Lipinski definition) is 4. The second kappa shape index (κ2) is 6.10. The molecule has 2 amide bonds. The predicted octanol–water partition coefficient (Wildman–Crippen LogP) is 0.102. The van der Waals surface area contributed by atoms with E-state index in [1.54, 1.807) is 12.1 Å². The molecule has 1 unspecified atom stereocenters. The van der Waals surface area contributed by atoms with Gasteiger partial charge < -0.3 is 10.4 Å². The fourth-order valence-electron chi connectivity index (χ4n) is 1.72. The van der Waals surface area contributed by atoms with E-state index in [1.807, 2.05) is 18.2 Å². The van der Waals surface area contributed by atoms with E-state index >= 15 is 0 Å². The zero-order valence-corrected chi connectivity index (χ0v) is 10.3. The smallest absolute Gasteiger partial charge is 0.267 e. The van der Waals surface area contributed by atoms with Gasteiger partial charge in [0, 0.05) is 19.4 Å². The van der Waals surface area contributed by atoms with Crippen LogP contribution in [0.4, 0.5) is 0 Å². The van der Waals surface area contributed by atoms with Crippen LogP contribution in [-0.4, -0.2) is 29.2 Å². The number of benzene rings is 1. The Morgan fingerprint density at radius 2 is 2.11 bits per heavy atom. The molecule has 0 fully saturated rings. The van der Waals surface area contributed by atoms with E-state index in [0.29, 0.717) is 6.42 Å². The van der Waals surface area contributed by atoms with Gasteiger partial charge in [-0.05, 0) is 5.56 Å². The molecule has 1 aliphatic rings. The lowest BCUT2D eigenvalue weighted by molar-refractivity contribution is -0.121. The van der Waals surface area contributed by atoms with Crippen LogP contribution >= 0.6 is 0 Å². The van der Waals surface area contributed by atoms with Gasteiger partial charge in [0.2, 0.25) is 5.91 Å². The van der Waals surface area contributed by atoms with Crippen molar-refractivity contribution in [2.24, 2.45) is 5.10 Å². The van der Waals surface area contributed by atoms with Crippen molar-refractivity contribution >= 4 is 17.5 Å². The van der Waals surface area contributed by atoms with Gasteiger partial charge in [0.25, 0.3) is 5.91 Å². The summed E-state index contributed by atoms with van der Waals surface area (Å²) in [6, 6.07) is 9.07. The molecule has 0 saturated carbocycles. The third-order valence-corrected chi connectivity index (χ3v) is 2.81. The number of nitrogens with one attached hydrogen (secondary N) is 2. The number of rotatable bonds is 4. The van der Waals surface area contributed by atoms with Crippen molar-refractivity contribution in [3.05, 3.63) is 35.9 Å². The largest absolute Gasteiger partial charge is 0.387 e. The molecule has 1 aromatic rings. The molecule has 1 aromatic carbocycles. The number of nitrogens with zero attached hydrogens (tertiary/aromatic N) is 1. The van der Waals surface area contributed by atoms with Crippen molar-refractivity contribution in [2.75, 3.05) is 6.54 Å². The van der Waals surface area contributed by atoms with Crippen LogP contribution in [0.2, 0.25) is 0 Å². The summed E-state index contributed by atoms with van der Waals surface area (Å²) in [5.74, 6) is -0.559. The van der Waals surface area contributed by atoms with Crippen LogP contribution in [0, 0.1) is 0 Å². The number of amides is 2. The molecule has 1 aliphatic heterocycles. The Hall–Kier alpha value is -2.21. The quantitative estimate of drug-likeness (QED) is 0.718. The molecule has 1 heterocycles. The van der Waals surface area contributed by atoms with Crippen LogP contribution in [0.25, 0.3) is 0 Å². The van der Waals surface area contributed by atoms with Gasteiger partial charge in [0.15, 0.2) is 0 Å². The Morgan fingerprint density at radius 3 is 2.74 bits per heavy atom. The Labute approximate surface area is 110 Å². The van der Waals surface area contributed by atoms with E-state index in [0.717, 1.165) is 5.56 Å². The zero-order valence-electron chi connectivity index (χ0n) is 10.3. The van der Waals surface area contributed by atoms with Crippen molar-refractivity contribution in [1.82, 2.24) is 10.7 Å². The summed E-state index contributed by atoms with van der Waals surface area (Å²) in [6.07, 6.45) is -0.184. The highest BCUT2D eigenvalue weighted by atomic mass is 16.3. The third-order valence-electron chi connectivity index (χ3n) is 2.81. The number of carbonyl (C=O) groups is 2. The number of aliphatic hydroxyl groups excluding tert-OH is 1. The van der Waals surface area contributed by atoms with Gasteiger partial charge in [-0.1, -0.05) is 30.3 Å². The molecule has 0 radical (unpaired) electrons. The van der Waals surface area contributed by atoms with Crippen LogP contribution in [0.15, 0.2) is 35.4 Å². The monoisotopic (exact) mass is 261 g/mol. The minimum Gasteiger partial charge on any atom is -0.387 e. The highest BCUT2D eigenvalue weighted by molar-refractivity contribution is 6.39. The van der Waals surface area contributed by atoms with Crippen LogP contribution in [0.1, 0.15) is 24.5 Å². The maximum Gasteiger partial charge on any atom is 0.267 e. The second-order valence-electron chi connectivity index (χ2n) is 4.23. The van der Waals surface area contributed by atoms with Gasteiger partial charge in [0.1, 0.15) is 5.71 Å². The summed E-state index contributed by atoms with van der Waals surface area (Å²) >= 11 is 0. The highest BCUT2D eigenvalue weighted by Crippen LogP contribution is 2.10.